The van der Waals surface area contributed by atoms with E-state index in [1.54, 1.807) is 0 Å². The van der Waals surface area contributed by atoms with Crippen molar-refractivity contribution in [3.8, 4) is 0 Å². The van der Waals surface area contributed by atoms with Gasteiger partial charge in [0.25, 0.3) is 0 Å². The number of amides is 1. The van der Waals surface area contributed by atoms with Crippen molar-refractivity contribution < 1.29 is 4.79 Å². The summed E-state index contributed by atoms with van der Waals surface area (Å²) >= 11 is 5.14. The molecule has 4 heteroatoms. The fourth-order valence-electron chi connectivity index (χ4n) is 4.02. The normalized spacial score (nSPS) is 29.5. The van der Waals surface area contributed by atoms with E-state index in [4.69, 9.17) is 18.0 Å². The second-order valence-corrected chi connectivity index (χ2v) is 6.78. The van der Waals surface area contributed by atoms with Crippen LogP contribution in [0.5, 0.6) is 0 Å². The van der Waals surface area contributed by atoms with Crippen LogP contribution < -0.4 is 11.1 Å². The summed E-state index contributed by atoms with van der Waals surface area (Å²) in [6.07, 6.45) is 7.48. The summed E-state index contributed by atoms with van der Waals surface area (Å²) in [5.74, 6) is 2.41. The average molecular weight is 282 g/mol. The molecule has 3 N–H and O–H groups in total. The van der Waals surface area contributed by atoms with Gasteiger partial charge in [0.1, 0.15) is 0 Å². The molecule has 108 valence electrons. The highest BCUT2D eigenvalue weighted by molar-refractivity contribution is 7.80. The van der Waals surface area contributed by atoms with E-state index in [1.807, 2.05) is 13.8 Å². The van der Waals surface area contributed by atoms with E-state index in [0.717, 1.165) is 24.7 Å². The average Bonchev–Trinajstić information content (AvgIpc) is 2.97. The minimum atomic E-state index is -0.482. The van der Waals surface area contributed by atoms with Crippen molar-refractivity contribution in [2.45, 2.75) is 64.3 Å². The lowest BCUT2D eigenvalue weighted by atomic mass is 9.85. The molecule has 3 nitrogen and oxygen atoms in total. The molecule has 2 saturated carbocycles. The Kier molecular flexibility index (Phi) is 4.49. The fraction of sp³-hybridized carbons (Fsp3) is 0.867. The highest BCUT2D eigenvalue weighted by Crippen LogP contribution is 2.49. The first-order valence-corrected chi connectivity index (χ1v) is 8.02. The summed E-state index contributed by atoms with van der Waals surface area (Å²) in [6, 6.07) is 0. The highest BCUT2D eigenvalue weighted by Gasteiger charge is 2.41. The van der Waals surface area contributed by atoms with Crippen LogP contribution in [-0.4, -0.2) is 16.4 Å². The Morgan fingerprint density at radius 3 is 2.42 bits per heavy atom. The van der Waals surface area contributed by atoms with Crippen LogP contribution in [0, 0.1) is 17.8 Å². The smallest absolute Gasteiger partial charge is 0.221 e. The van der Waals surface area contributed by atoms with Crippen molar-refractivity contribution in [3.05, 3.63) is 0 Å². The van der Waals surface area contributed by atoms with Crippen molar-refractivity contribution in [3.63, 3.8) is 0 Å². The lowest BCUT2D eigenvalue weighted by molar-refractivity contribution is -0.123. The molecule has 0 saturated heterocycles. The number of thiocarbonyl (C=S) groups is 1. The standard InChI is InChI=1S/C15H26N2OS/c1-3-15(4-2,14(16)19)17-13(18)9-12-8-10-5-6-11(12)7-10/h10-12H,3-9H2,1-2H3,(H2,16,19)(H,17,18). The first-order chi connectivity index (χ1) is 9.00. The van der Waals surface area contributed by atoms with Gasteiger partial charge in [0.15, 0.2) is 0 Å². The van der Waals surface area contributed by atoms with Crippen molar-refractivity contribution >= 4 is 23.1 Å². The molecule has 3 atom stereocenters. The van der Waals surface area contributed by atoms with Crippen molar-refractivity contribution in [2.24, 2.45) is 23.5 Å². The third kappa shape index (κ3) is 2.93. The predicted octanol–water partition coefficient (Wildman–Crippen LogP) is 2.77. The van der Waals surface area contributed by atoms with Crippen LogP contribution in [0.4, 0.5) is 0 Å². The van der Waals surface area contributed by atoms with E-state index in [0.29, 0.717) is 17.3 Å². The van der Waals surface area contributed by atoms with Crippen LogP contribution in [0.15, 0.2) is 0 Å². The molecule has 2 aliphatic rings. The van der Waals surface area contributed by atoms with Crippen molar-refractivity contribution in [2.75, 3.05) is 0 Å². The molecular weight excluding hydrogens is 256 g/mol. The van der Waals surface area contributed by atoms with E-state index in [2.05, 4.69) is 5.32 Å². The zero-order chi connectivity index (χ0) is 14.0. The van der Waals surface area contributed by atoms with Gasteiger partial charge in [-0.1, -0.05) is 32.5 Å². The third-order valence-corrected chi connectivity index (χ3v) is 5.78. The molecule has 0 aliphatic heterocycles. The molecule has 2 fully saturated rings. The van der Waals surface area contributed by atoms with Gasteiger partial charge in [-0.05, 0) is 49.9 Å². The number of carbonyl (C=O) groups is 1. The van der Waals surface area contributed by atoms with E-state index < -0.39 is 5.54 Å². The van der Waals surface area contributed by atoms with Crippen LogP contribution in [0.1, 0.15) is 58.8 Å². The lowest BCUT2D eigenvalue weighted by Crippen LogP contribution is -2.56. The summed E-state index contributed by atoms with van der Waals surface area (Å²) < 4.78 is 0. The van der Waals surface area contributed by atoms with Crippen LogP contribution in [0.2, 0.25) is 0 Å². The topological polar surface area (TPSA) is 55.1 Å². The maximum atomic E-state index is 12.3. The summed E-state index contributed by atoms with van der Waals surface area (Å²) in [5, 5.41) is 3.11. The molecule has 2 aliphatic carbocycles. The van der Waals surface area contributed by atoms with Crippen LogP contribution in [-0.2, 0) is 4.79 Å². The predicted molar refractivity (Wildman–Crippen MR) is 81.8 cm³/mol. The molecule has 19 heavy (non-hydrogen) atoms. The van der Waals surface area contributed by atoms with Gasteiger partial charge in [-0.15, -0.1) is 0 Å². The maximum Gasteiger partial charge on any atom is 0.221 e. The molecular formula is C15H26N2OS. The van der Waals surface area contributed by atoms with Crippen molar-refractivity contribution in [1.29, 1.82) is 0 Å². The Balaban J connectivity index is 1.91. The van der Waals surface area contributed by atoms with E-state index >= 15 is 0 Å². The molecule has 0 radical (unpaired) electrons. The molecule has 0 aromatic carbocycles. The summed E-state index contributed by atoms with van der Waals surface area (Å²) in [7, 11) is 0. The summed E-state index contributed by atoms with van der Waals surface area (Å²) in [4.78, 5) is 12.7. The van der Waals surface area contributed by atoms with E-state index in [-0.39, 0.29) is 5.91 Å². The zero-order valence-corrected chi connectivity index (χ0v) is 12.9. The number of hydrogen-bond donors (Lipinski definition) is 2. The molecule has 0 aromatic rings. The number of fused-ring (bicyclic) bond motifs is 2. The number of carbonyl (C=O) groups excluding carboxylic acids is 1. The number of rotatable bonds is 6. The Bertz CT molecular complexity index is 365. The van der Waals surface area contributed by atoms with Gasteiger partial charge in [0, 0.05) is 6.42 Å². The van der Waals surface area contributed by atoms with Crippen LogP contribution in [0.25, 0.3) is 0 Å². The minimum Gasteiger partial charge on any atom is -0.391 e. The summed E-state index contributed by atoms with van der Waals surface area (Å²) in [5.41, 5.74) is 5.34. The number of nitrogens with one attached hydrogen (secondary N) is 1. The Hall–Kier alpha value is -0.640. The second-order valence-electron chi connectivity index (χ2n) is 6.34. The highest BCUT2D eigenvalue weighted by atomic mass is 32.1. The fourth-order valence-corrected chi connectivity index (χ4v) is 4.36. The Morgan fingerprint density at radius 1 is 1.32 bits per heavy atom. The molecule has 0 aromatic heterocycles. The van der Waals surface area contributed by atoms with E-state index in [1.165, 1.54) is 25.7 Å². The van der Waals surface area contributed by atoms with Gasteiger partial charge in [-0.25, -0.2) is 0 Å². The molecule has 3 unspecified atom stereocenters. The van der Waals surface area contributed by atoms with Gasteiger partial charge < -0.3 is 11.1 Å². The molecule has 2 rings (SSSR count). The quantitative estimate of drug-likeness (QED) is 0.737. The number of nitrogens with two attached hydrogens (primary N) is 1. The maximum absolute atomic E-state index is 12.3. The first-order valence-electron chi connectivity index (χ1n) is 7.61. The SMILES string of the molecule is CCC(CC)(NC(=O)CC1CC2CCC1C2)C(N)=S. The second kappa shape index (κ2) is 5.78. The molecule has 1 amide bonds. The van der Waals surface area contributed by atoms with E-state index in [9.17, 15) is 4.79 Å². The first kappa shape index (κ1) is 14.8. The van der Waals surface area contributed by atoms with Crippen molar-refractivity contribution in [1.82, 2.24) is 5.32 Å². The minimum absolute atomic E-state index is 0.133. The molecule has 0 spiro atoms. The monoisotopic (exact) mass is 282 g/mol. The van der Waals surface area contributed by atoms with Crippen LogP contribution >= 0.6 is 12.2 Å². The summed E-state index contributed by atoms with van der Waals surface area (Å²) in [6.45, 7) is 4.06. The van der Waals surface area contributed by atoms with Gasteiger partial charge in [-0.3, -0.25) is 4.79 Å². The third-order valence-electron chi connectivity index (χ3n) is 5.39. The lowest BCUT2D eigenvalue weighted by Gasteiger charge is -2.32. The molecule has 0 heterocycles. The Labute approximate surface area is 121 Å². The largest absolute Gasteiger partial charge is 0.391 e. The van der Waals surface area contributed by atoms with Gasteiger partial charge >= 0.3 is 0 Å². The molecule has 2 bridgehead atoms. The van der Waals surface area contributed by atoms with Gasteiger partial charge in [0.2, 0.25) is 5.91 Å². The zero-order valence-electron chi connectivity index (χ0n) is 12.1. The number of hydrogen-bond acceptors (Lipinski definition) is 2. The van der Waals surface area contributed by atoms with Gasteiger partial charge in [-0.2, -0.15) is 0 Å². The Morgan fingerprint density at radius 2 is 2.00 bits per heavy atom. The van der Waals surface area contributed by atoms with Crippen LogP contribution in [0.3, 0.4) is 0 Å². The van der Waals surface area contributed by atoms with Gasteiger partial charge in [0.05, 0.1) is 10.5 Å².